The number of sulfonamides is 1. The Bertz CT molecular complexity index is 1910. The van der Waals surface area contributed by atoms with Gasteiger partial charge in [-0.25, -0.2) is 18.4 Å². The van der Waals surface area contributed by atoms with Gasteiger partial charge in [0.1, 0.15) is 22.8 Å². The molecule has 11 nitrogen and oxygen atoms in total. The maximum Gasteiger partial charge on any atom is 0.329 e. The van der Waals surface area contributed by atoms with E-state index < -0.39 is 16.6 Å². The Hall–Kier alpha value is -3.78. The first-order valence-corrected chi connectivity index (χ1v) is 16.7. The van der Waals surface area contributed by atoms with E-state index in [2.05, 4.69) is 11.9 Å². The second-order valence-electron chi connectivity index (χ2n) is 12.5. The molecule has 4 unspecified atom stereocenters. The molecular weight excluding hydrogens is 592 g/mol. The molecule has 2 N–H and O–H groups in total. The van der Waals surface area contributed by atoms with Crippen LogP contribution in [0.2, 0.25) is 0 Å². The molecular formula is C30H35F2N7O4S. The van der Waals surface area contributed by atoms with Crippen molar-refractivity contribution in [3.63, 3.8) is 0 Å². The lowest BCUT2D eigenvalue weighted by Crippen LogP contribution is -2.43. The second-order valence-corrected chi connectivity index (χ2v) is 14.4. The van der Waals surface area contributed by atoms with Gasteiger partial charge in [0, 0.05) is 35.6 Å². The highest BCUT2D eigenvalue weighted by Gasteiger charge is 2.51. The van der Waals surface area contributed by atoms with Crippen LogP contribution in [-0.2, 0) is 16.6 Å². The van der Waals surface area contributed by atoms with E-state index in [1.807, 2.05) is 26.9 Å². The molecule has 3 fully saturated rings. The highest BCUT2D eigenvalue weighted by molar-refractivity contribution is 7.92. The van der Waals surface area contributed by atoms with Gasteiger partial charge < -0.3 is 19.9 Å². The molecule has 14 heteroatoms. The number of methoxy groups -OCH3 is 1. The van der Waals surface area contributed by atoms with Gasteiger partial charge in [-0.1, -0.05) is 6.92 Å². The Morgan fingerprint density at radius 2 is 1.93 bits per heavy atom. The van der Waals surface area contributed by atoms with Crippen molar-refractivity contribution in [2.75, 3.05) is 17.7 Å². The average Bonchev–Trinajstić information content (AvgIpc) is 3.35. The van der Waals surface area contributed by atoms with E-state index in [-0.39, 0.29) is 34.2 Å². The highest BCUT2D eigenvalue weighted by Crippen LogP contribution is 2.42. The largest absolute Gasteiger partial charge is 0.482 e. The van der Waals surface area contributed by atoms with Crippen molar-refractivity contribution < 1.29 is 26.7 Å². The highest BCUT2D eigenvalue weighted by atomic mass is 32.2. The van der Waals surface area contributed by atoms with Crippen LogP contribution in [0.15, 0.2) is 30.3 Å². The van der Waals surface area contributed by atoms with Gasteiger partial charge in [0.2, 0.25) is 10.0 Å². The molecule has 0 spiro atoms. The quantitative estimate of drug-likeness (QED) is 0.292. The predicted molar refractivity (Wildman–Crippen MR) is 161 cm³/mol. The molecule has 6 heterocycles. The zero-order valence-corrected chi connectivity index (χ0v) is 25.8. The first kappa shape index (κ1) is 29.0. The minimum atomic E-state index is -4.27. The van der Waals surface area contributed by atoms with Crippen LogP contribution in [0.3, 0.4) is 0 Å². The molecule has 4 aromatic rings. The van der Waals surface area contributed by atoms with Gasteiger partial charge in [0.05, 0.1) is 30.8 Å². The maximum absolute atomic E-state index is 13.8. The summed E-state index contributed by atoms with van der Waals surface area (Å²) in [5.74, 6) is 0.743. The summed E-state index contributed by atoms with van der Waals surface area (Å²) in [5, 5.41) is 0.668. The number of halogens is 2. The summed E-state index contributed by atoms with van der Waals surface area (Å²) in [4.78, 5) is 25.2. The Morgan fingerprint density at radius 1 is 1.18 bits per heavy atom. The SMILES string of the molecule is COc1cc(C(=O)N2C3CC(C)C2C(N)C3)cc2nc(-c3cc4ccc(N(C(F)F)S(C)(=O)=O)nc4n3CC3CC3)c(C)n12. The summed E-state index contributed by atoms with van der Waals surface area (Å²) in [6.07, 6.45) is 4.52. The summed E-state index contributed by atoms with van der Waals surface area (Å²) >= 11 is 0. The lowest BCUT2D eigenvalue weighted by Gasteiger charge is -2.26. The molecule has 1 aliphatic carbocycles. The molecule has 7 rings (SSSR count). The van der Waals surface area contributed by atoms with E-state index in [1.54, 1.807) is 25.3 Å². The molecule has 0 aromatic carbocycles. The number of hydrogen-bond donors (Lipinski definition) is 1. The lowest BCUT2D eigenvalue weighted by molar-refractivity contribution is 0.0715. The van der Waals surface area contributed by atoms with E-state index in [1.165, 1.54) is 6.07 Å². The van der Waals surface area contributed by atoms with E-state index in [0.717, 1.165) is 37.6 Å². The first-order chi connectivity index (χ1) is 20.9. The van der Waals surface area contributed by atoms with Crippen LogP contribution in [0.1, 0.15) is 48.7 Å². The van der Waals surface area contributed by atoms with Crippen molar-refractivity contribution >= 4 is 38.4 Å². The van der Waals surface area contributed by atoms with Gasteiger partial charge >= 0.3 is 6.55 Å². The van der Waals surface area contributed by atoms with E-state index >= 15 is 0 Å². The van der Waals surface area contributed by atoms with Crippen molar-refractivity contribution in [3.8, 4) is 17.3 Å². The van der Waals surface area contributed by atoms with Gasteiger partial charge in [-0.05, 0) is 68.7 Å². The number of rotatable bonds is 8. The summed E-state index contributed by atoms with van der Waals surface area (Å²) in [6.45, 7) is 1.35. The summed E-state index contributed by atoms with van der Waals surface area (Å²) in [5.41, 5.74) is 9.89. The Labute approximate surface area is 253 Å². The number of nitrogens with zero attached hydrogens (tertiary/aromatic N) is 6. The molecule has 44 heavy (non-hydrogen) atoms. The fraction of sp³-hybridized carbons (Fsp3) is 0.500. The number of hydrogen-bond acceptors (Lipinski definition) is 7. The van der Waals surface area contributed by atoms with E-state index in [4.69, 9.17) is 15.5 Å². The second kappa shape index (κ2) is 10.1. The minimum absolute atomic E-state index is 0.00553. The number of amides is 1. The number of ether oxygens (including phenoxy) is 1. The van der Waals surface area contributed by atoms with E-state index in [9.17, 15) is 22.0 Å². The van der Waals surface area contributed by atoms with Gasteiger partial charge in [-0.2, -0.15) is 13.1 Å². The molecule has 4 atom stereocenters. The molecule has 3 aliphatic rings. The third-order valence-corrected chi connectivity index (χ3v) is 10.5. The third-order valence-electron chi connectivity index (χ3n) is 9.40. The van der Waals surface area contributed by atoms with E-state index in [0.29, 0.717) is 57.9 Å². The average molecular weight is 628 g/mol. The number of anilines is 1. The molecule has 234 valence electrons. The van der Waals surface area contributed by atoms with Crippen LogP contribution in [0.25, 0.3) is 28.1 Å². The Balaban J connectivity index is 1.35. The third kappa shape index (κ3) is 4.52. The van der Waals surface area contributed by atoms with Crippen LogP contribution in [0.4, 0.5) is 14.6 Å². The smallest absolute Gasteiger partial charge is 0.329 e. The Kier molecular flexibility index (Phi) is 6.66. The van der Waals surface area contributed by atoms with Crippen LogP contribution in [0, 0.1) is 18.8 Å². The predicted octanol–water partition coefficient (Wildman–Crippen LogP) is 4.02. The molecule has 1 saturated carbocycles. The number of fused-ring (bicyclic) bond motifs is 4. The molecule has 0 radical (unpaired) electrons. The number of imidazole rings is 1. The number of pyridine rings is 2. The maximum atomic E-state index is 13.8. The zero-order chi connectivity index (χ0) is 31.2. The topological polar surface area (TPSA) is 128 Å². The summed E-state index contributed by atoms with van der Waals surface area (Å²) in [6, 6.07) is 8.37. The molecule has 2 aliphatic heterocycles. The van der Waals surface area contributed by atoms with Crippen LogP contribution < -0.4 is 14.8 Å². The summed E-state index contributed by atoms with van der Waals surface area (Å²) in [7, 11) is -2.72. The van der Waals surface area contributed by atoms with Crippen molar-refractivity contribution in [1.82, 2.24) is 23.8 Å². The molecule has 1 amide bonds. The zero-order valence-electron chi connectivity index (χ0n) is 24.9. The Morgan fingerprint density at radius 3 is 2.55 bits per heavy atom. The number of carbonyl (C=O) groups is 1. The number of nitrogens with two attached hydrogens (primary N) is 1. The number of alkyl halides is 2. The summed E-state index contributed by atoms with van der Waals surface area (Å²) < 4.78 is 61.6. The fourth-order valence-corrected chi connectivity index (χ4v) is 8.06. The van der Waals surface area contributed by atoms with Crippen molar-refractivity contribution in [2.24, 2.45) is 17.6 Å². The normalized spacial score (nSPS) is 23.4. The first-order valence-electron chi connectivity index (χ1n) is 14.8. The van der Waals surface area contributed by atoms with Gasteiger partial charge in [-0.3, -0.25) is 9.20 Å². The van der Waals surface area contributed by atoms with Crippen LogP contribution in [-0.4, -0.2) is 76.2 Å². The lowest BCUT2D eigenvalue weighted by atomic mass is 9.87. The minimum Gasteiger partial charge on any atom is -0.482 e. The number of carbonyl (C=O) groups excluding carboxylic acids is 1. The molecule has 2 saturated heterocycles. The fourth-order valence-electron chi connectivity index (χ4n) is 7.33. The van der Waals surface area contributed by atoms with Crippen LogP contribution in [0.5, 0.6) is 5.88 Å². The van der Waals surface area contributed by atoms with Gasteiger partial charge in [-0.15, -0.1) is 0 Å². The molecule has 4 aromatic heterocycles. The van der Waals surface area contributed by atoms with Gasteiger partial charge in [0.25, 0.3) is 5.91 Å². The number of aryl methyl sites for hydroxylation is 1. The standard InChI is InChI=1S/C30H35F2N7O4S/c1-15-9-20-13-21(33)27(15)38(20)29(40)19-11-24-34-26(16(2)37(24)25(12-19)43-3)22-10-18-7-8-23(39(30(31)32)44(4,41)42)35-28(18)36(22)14-17-5-6-17/h7-8,10-12,15,17,20-21,27,30H,5-6,9,13-14,33H2,1-4H3. The van der Waals surface area contributed by atoms with Crippen molar-refractivity contribution in [3.05, 3.63) is 41.6 Å². The van der Waals surface area contributed by atoms with Gasteiger partial charge in [0.15, 0.2) is 5.88 Å². The number of aromatic nitrogens is 4. The van der Waals surface area contributed by atoms with Crippen LogP contribution >= 0.6 is 0 Å². The van der Waals surface area contributed by atoms with Crippen molar-refractivity contribution in [1.29, 1.82) is 0 Å². The monoisotopic (exact) mass is 627 g/mol. The van der Waals surface area contributed by atoms with Crippen molar-refractivity contribution in [2.45, 2.75) is 70.8 Å². The molecule has 2 bridgehead atoms.